The average molecular weight is 370 g/mol. The number of fused-ring (bicyclic) bond motifs is 1. The summed E-state index contributed by atoms with van der Waals surface area (Å²) in [5.41, 5.74) is 0.0386. The molecule has 0 saturated carbocycles. The van der Waals surface area contributed by atoms with Crippen molar-refractivity contribution in [2.75, 3.05) is 0 Å². The number of hydrogen-bond acceptors (Lipinski definition) is 3. The summed E-state index contributed by atoms with van der Waals surface area (Å²) >= 11 is 0. The molecule has 3 aromatic carbocycles. The normalized spacial score (nSPS) is 15.4. The molecule has 0 unspecified atom stereocenters. The van der Waals surface area contributed by atoms with Gasteiger partial charge in [0.15, 0.2) is 0 Å². The van der Waals surface area contributed by atoms with Crippen LogP contribution in [0.3, 0.4) is 0 Å². The SMILES string of the molecule is O=C1OC(c2ccccc2)(c2ccccc2)Oc2cc(C(F)(F)F)ccc21. The van der Waals surface area contributed by atoms with Crippen LogP contribution in [0.5, 0.6) is 5.75 Å². The zero-order chi connectivity index (χ0) is 19.1. The largest absolute Gasteiger partial charge is 0.443 e. The molecule has 1 aliphatic heterocycles. The van der Waals surface area contributed by atoms with Crippen LogP contribution in [0.1, 0.15) is 27.0 Å². The highest BCUT2D eigenvalue weighted by atomic mass is 19.4. The Bertz CT molecular complexity index is 943. The highest BCUT2D eigenvalue weighted by molar-refractivity contribution is 5.94. The molecule has 0 spiro atoms. The summed E-state index contributed by atoms with van der Waals surface area (Å²) < 4.78 is 51.0. The zero-order valence-electron chi connectivity index (χ0n) is 13.9. The van der Waals surface area contributed by atoms with Gasteiger partial charge in [0.2, 0.25) is 0 Å². The second kappa shape index (κ2) is 6.16. The van der Waals surface area contributed by atoms with Gasteiger partial charge in [-0.05, 0) is 18.2 Å². The first-order valence-electron chi connectivity index (χ1n) is 8.15. The van der Waals surface area contributed by atoms with E-state index >= 15 is 0 Å². The average Bonchev–Trinajstić information content (AvgIpc) is 2.68. The molecule has 1 heterocycles. The summed E-state index contributed by atoms with van der Waals surface area (Å²) in [6.45, 7) is 0. The molecule has 0 atom stereocenters. The highest BCUT2D eigenvalue weighted by Crippen LogP contribution is 2.44. The molecule has 3 aromatic rings. The Balaban J connectivity index is 1.92. The van der Waals surface area contributed by atoms with Crippen molar-refractivity contribution in [3.63, 3.8) is 0 Å². The van der Waals surface area contributed by atoms with Crippen molar-refractivity contribution in [1.29, 1.82) is 0 Å². The molecular formula is C21H13F3O3. The summed E-state index contributed by atoms with van der Waals surface area (Å²) in [7, 11) is 0. The van der Waals surface area contributed by atoms with E-state index in [9.17, 15) is 18.0 Å². The van der Waals surface area contributed by atoms with E-state index in [2.05, 4.69) is 0 Å². The minimum Gasteiger partial charge on any atom is -0.443 e. The summed E-state index contributed by atoms with van der Waals surface area (Å²) in [6.07, 6.45) is -4.55. The molecular weight excluding hydrogens is 357 g/mol. The van der Waals surface area contributed by atoms with Crippen molar-refractivity contribution < 1.29 is 27.4 Å². The number of hydrogen-bond donors (Lipinski definition) is 0. The Morgan fingerprint density at radius 1 is 0.741 bits per heavy atom. The Morgan fingerprint density at radius 3 is 1.81 bits per heavy atom. The van der Waals surface area contributed by atoms with Gasteiger partial charge in [-0.15, -0.1) is 0 Å². The lowest BCUT2D eigenvalue weighted by atomic mass is 9.95. The number of halogens is 3. The monoisotopic (exact) mass is 370 g/mol. The first kappa shape index (κ1) is 17.1. The van der Waals surface area contributed by atoms with Crippen molar-refractivity contribution in [2.24, 2.45) is 0 Å². The van der Waals surface area contributed by atoms with Gasteiger partial charge in [0, 0.05) is 11.1 Å². The molecule has 0 aliphatic carbocycles. The van der Waals surface area contributed by atoms with E-state index in [4.69, 9.17) is 9.47 Å². The van der Waals surface area contributed by atoms with Gasteiger partial charge in [0.25, 0.3) is 0 Å². The van der Waals surface area contributed by atoms with Crippen LogP contribution in [0.25, 0.3) is 0 Å². The Labute approximate surface area is 153 Å². The predicted molar refractivity (Wildman–Crippen MR) is 91.2 cm³/mol. The number of ether oxygens (including phenoxy) is 2. The second-order valence-electron chi connectivity index (χ2n) is 6.05. The minimum absolute atomic E-state index is 0.0505. The van der Waals surface area contributed by atoms with Gasteiger partial charge in [-0.1, -0.05) is 60.7 Å². The third kappa shape index (κ3) is 2.93. The number of alkyl halides is 3. The lowest BCUT2D eigenvalue weighted by Crippen LogP contribution is -2.43. The molecule has 0 bridgehead atoms. The molecule has 3 nitrogen and oxygen atoms in total. The molecule has 0 saturated heterocycles. The van der Waals surface area contributed by atoms with Crippen LogP contribution in [-0.2, 0) is 16.7 Å². The maximum atomic E-state index is 13.1. The summed E-state index contributed by atoms with van der Waals surface area (Å²) in [5.74, 6) is -2.59. The first-order valence-corrected chi connectivity index (χ1v) is 8.15. The minimum atomic E-state index is -4.55. The van der Waals surface area contributed by atoms with Crippen LogP contribution in [-0.4, -0.2) is 5.97 Å². The van der Waals surface area contributed by atoms with Crippen LogP contribution in [0.15, 0.2) is 78.9 Å². The van der Waals surface area contributed by atoms with E-state index in [1.165, 1.54) is 0 Å². The van der Waals surface area contributed by atoms with Crippen LogP contribution < -0.4 is 4.74 Å². The van der Waals surface area contributed by atoms with Gasteiger partial charge in [0.05, 0.1) is 5.56 Å². The molecule has 0 N–H and O–H groups in total. The van der Waals surface area contributed by atoms with Gasteiger partial charge in [-0.2, -0.15) is 13.2 Å². The quantitative estimate of drug-likeness (QED) is 0.585. The van der Waals surface area contributed by atoms with E-state index in [1.807, 2.05) is 0 Å². The number of carbonyl (C=O) groups is 1. The molecule has 0 amide bonds. The van der Waals surface area contributed by atoms with E-state index in [0.29, 0.717) is 11.1 Å². The fraction of sp³-hybridized carbons (Fsp3) is 0.0952. The molecule has 0 aromatic heterocycles. The smallest absolute Gasteiger partial charge is 0.416 e. The first-order chi connectivity index (χ1) is 12.9. The van der Waals surface area contributed by atoms with E-state index < -0.39 is 23.5 Å². The van der Waals surface area contributed by atoms with Crippen molar-refractivity contribution >= 4 is 5.97 Å². The Morgan fingerprint density at radius 2 is 1.30 bits per heavy atom. The van der Waals surface area contributed by atoms with Gasteiger partial charge in [0.1, 0.15) is 11.3 Å². The van der Waals surface area contributed by atoms with Crippen molar-refractivity contribution in [3.05, 3.63) is 101 Å². The fourth-order valence-corrected chi connectivity index (χ4v) is 3.03. The third-order valence-electron chi connectivity index (χ3n) is 4.33. The van der Waals surface area contributed by atoms with E-state index in [1.54, 1.807) is 60.7 Å². The number of carbonyl (C=O) groups excluding carboxylic acids is 1. The van der Waals surface area contributed by atoms with Crippen molar-refractivity contribution in [2.45, 2.75) is 12.0 Å². The summed E-state index contributed by atoms with van der Waals surface area (Å²) in [6, 6.07) is 20.0. The van der Waals surface area contributed by atoms with Crippen LogP contribution in [0.4, 0.5) is 13.2 Å². The molecule has 6 heteroatoms. The highest BCUT2D eigenvalue weighted by Gasteiger charge is 2.46. The lowest BCUT2D eigenvalue weighted by molar-refractivity contribution is -0.141. The number of cyclic esters (lactones) is 1. The van der Waals surface area contributed by atoms with Crippen molar-refractivity contribution in [3.8, 4) is 5.75 Å². The number of benzene rings is 3. The molecule has 4 rings (SSSR count). The summed E-state index contributed by atoms with van der Waals surface area (Å²) in [5, 5.41) is 0. The molecule has 0 fully saturated rings. The topological polar surface area (TPSA) is 35.5 Å². The van der Waals surface area contributed by atoms with Gasteiger partial charge in [-0.25, -0.2) is 4.79 Å². The third-order valence-corrected chi connectivity index (χ3v) is 4.33. The van der Waals surface area contributed by atoms with Gasteiger partial charge in [-0.3, -0.25) is 0 Å². The molecule has 27 heavy (non-hydrogen) atoms. The molecule has 136 valence electrons. The second-order valence-corrected chi connectivity index (χ2v) is 6.05. The van der Waals surface area contributed by atoms with E-state index in [-0.39, 0.29) is 11.3 Å². The summed E-state index contributed by atoms with van der Waals surface area (Å²) in [4.78, 5) is 12.6. The maximum Gasteiger partial charge on any atom is 0.416 e. The predicted octanol–water partition coefficient (Wildman–Crippen LogP) is 5.16. The Hall–Kier alpha value is -3.28. The maximum absolute atomic E-state index is 13.1. The zero-order valence-corrected chi connectivity index (χ0v) is 13.9. The number of esters is 1. The van der Waals surface area contributed by atoms with Gasteiger partial charge < -0.3 is 9.47 Å². The Kier molecular flexibility index (Phi) is 3.91. The number of rotatable bonds is 2. The van der Waals surface area contributed by atoms with Crippen molar-refractivity contribution in [1.82, 2.24) is 0 Å². The lowest BCUT2D eigenvalue weighted by Gasteiger charge is -2.38. The van der Waals surface area contributed by atoms with Crippen LogP contribution in [0, 0.1) is 0 Å². The van der Waals surface area contributed by atoms with Crippen LogP contribution in [0.2, 0.25) is 0 Å². The molecule has 0 radical (unpaired) electrons. The van der Waals surface area contributed by atoms with Gasteiger partial charge >= 0.3 is 17.9 Å². The molecule has 1 aliphatic rings. The van der Waals surface area contributed by atoms with Crippen LogP contribution >= 0.6 is 0 Å². The fourth-order valence-electron chi connectivity index (χ4n) is 3.03. The standard InChI is InChI=1S/C21H13F3O3/c22-21(23,24)16-11-12-17-18(13-16)26-20(27-19(17)25,14-7-3-1-4-8-14)15-9-5-2-6-10-15/h1-13H. The van der Waals surface area contributed by atoms with E-state index in [0.717, 1.165) is 18.2 Å².